The molecule has 1 aliphatic rings. The molecule has 1 saturated carbocycles. The Balaban J connectivity index is 1.70. The first-order chi connectivity index (χ1) is 18.4. The maximum absolute atomic E-state index is 13.6. The molecule has 0 bridgehead atoms. The third-order valence-corrected chi connectivity index (χ3v) is 7.15. The number of hydrogen-bond donors (Lipinski definition) is 1. The van der Waals surface area contributed by atoms with E-state index in [0.717, 1.165) is 11.1 Å². The van der Waals surface area contributed by atoms with Crippen molar-refractivity contribution in [2.24, 2.45) is 0 Å². The van der Waals surface area contributed by atoms with Crippen LogP contribution in [0.1, 0.15) is 68.4 Å². The van der Waals surface area contributed by atoms with Crippen molar-refractivity contribution in [1.82, 2.24) is 20.0 Å². The number of ether oxygens (including phenoxy) is 1. The number of aromatic nitrogens is 2. The number of hydrogen-bond acceptors (Lipinski definition) is 5. The van der Waals surface area contributed by atoms with Crippen LogP contribution in [-0.2, 0) is 10.3 Å². The molecule has 1 heterocycles. The van der Waals surface area contributed by atoms with E-state index in [1.165, 1.54) is 9.58 Å². The number of nitrogens with zero attached hydrogens (tertiary/aromatic N) is 3. The van der Waals surface area contributed by atoms with Gasteiger partial charge < -0.3 is 15.0 Å². The molecule has 0 radical (unpaired) electrons. The van der Waals surface area contributed by atoms with Crippen LogP contribution in [0, 0.1) is 0 Å². The predicted octanol–water partition coefficient (Wildman–Crippen LogP) is 5.80. The molecular formula is C30H35ClN4O4. The second kappa shape index (κ2) is 11.2. The van der Waals surface area contributed by atoms with Crippen LogP contribution in [0.4, 0.5) is 4.79 Å². The monoisotopic (exact) mass is 550 g/mol. The number of carbonyl (C=O) groups excluding carboxylic acids is 2. The summed E-state index contributed by atoms with van der Waals surface area (Å²) in [4.78, 5) is 40.8. The van der Waals surface area contributed by atoms with Gasteiger partial charge in [0.2, 0.25) is 0 Å². The highest BCUT2D eigenvalue weighted by molar-refractivity contribution is 6.30. The molecule has 1 aliphatic carbocycles. The summed E-state index contributed by atoms with van der Waals surface area (Å²) in [6.07, 6.45) is 1.63. The molecule has 1 N–H and O–H groups in total. The smallest absolute Gasteiger partial charge is 0.408 e. The highest BCUT2D eigenvalue weighted by atomic mass is 35.5. The third-order valence-electron chi connectivity index (χ3n) is 6.91. The standard InChI is InChI=1S/C30H35ClN4O4/c1-29(2,3)39-28(38)32-30(21-12-9-13-22(31)18-21)16-14-23(15-17-30)35-27(37)24(26(36)34(4)5)19-25(33-35)20-10-7-6-8-11-20/h6-13,18-19,23H,14-17H2,1-5H3,(H,32,38). The number of halogens is 1. The van der Waals surface area contributed by atoms with Crippen molar-refractivity contribution in [2.75, 3.05) is 14.1 Å². The van der Waals surface area contributed by atoms with Crippen molar-refractivity contribution >= 4 is 23.6 Å². The van der Waals surface area contributed by atoms with Gasteiger partial charge in [-0.25, -0.2) is 9.48 Å². The average Bonchev–Trinajstić information content (AvgIpc) is 2.88. The predicted molar refractivity (Wildman–Crippen MR) is 152 cm³/mol. The summed E-state index contributed by atoms with van der Waals surface area (Å²) in [5, 5.41) is 8.40. The lowest BCUT2D eigenvalue weighted by molar-refractivity contribution is 0.0402. The van der Waals surface area contributed by atoms with E-state index in [0.29, 0.717) is 36.4 Å². The molecule has 1 aromatic heterocycles. The van der Waals surface area contributed by atoms with Gasteiger partial charge in [0.15, 0.2) is 0 Å². The summed E-state index contributed by atoms with van der Waals surface area (Å²) >= 11 is 6.33. The number of benzene rings is 2. The number of amides is 2. The zero-order chi connectivity index (χ0) is 28.4. The Kier molecular flexibility index (Phi) is 8.16. The number of carbonyl (C=O) groups is 2. The molecule has 0 unspecified atom stereocenters. The van der Waals surface area contributed by atoms with E-state index in [-0.39, 0.29) is 17.5 Å². The SMILES string of the molecule is CN(C)C(=O)c1cc(-c2ccccc2)nn(C2CCC(NC(=O)OC(C)(C)C)(c3cccc(Cl)c3)CC2)c1=O. The summed E-state index contributed by atoms with van der Waals surface area (Å²) in [5.41, 5.74) is 0.518. The van der Waals surface area contributed by atoms with Gasteiger partial charge in [0, 0.05) is 24.7 Å². The first-order valence-electron chi connectivity index (χ1n) is 13.1. The van der Waals surface area contributed by atoms with Crippen LogP contribution in [0.5, 0.6) is 0 Å². The highest BCUT2D eigenvalue weighted by Crippen LogP contribution is 2.42. The molecule has 3 aromatic rings. The van der Waals surface area contributed by atoms with Gasteiger partial charge in [0.05, 0.1) is 17.3 Å². The van der Waals surface area contributed by atoms with Gasteiger partial charge in [0.1, 0.15) is 11.2 Å². The first-order valence-corrected chi connectivity index (χ1v) is 13.4. The molecule has 2 amide bonds. The maximum Gasteiger partial charge on any atom is 0.408 e. The Hall–Kier alpha value is -3.65. The van der Waals surface area contributed by atoms with Gasteiger partial charge in [0.25, 0.3) is 11.5 Å². The highest BCUT2D eigenvalue weighted by Gasteiger charge is 2.40. The van der Waals surface area contributed by atoms with Crippen molar-refractivity contribution in [3.8, 4) is 11.3 Å². The molecule has 0 spiro atoms. The summed E-state index contributed by atoms with van der Waals surface area (Å²) in [7, 11) is 3.24. The molecule has 2 aromatic carbocycles. The lowest BCUT2D eigenvalue weighted by atomic mass is 9.75. The van der Waals surface area contributed by atoms with E-state index in [4.69, 9.17) is 21.4 Å². The minimum Gasteiger partial charge on any atom is -0.444 e. The fourth-order valence-electron chi connectivity index (χ4n) is 5.01. The Morgan fingerprint density at radius 2 is 1.72 bits per heavy atom. The third kappa shape index (κ3) is 6.50. The molecular weight excluding hydrogens is 516 g/mol. The van der Waals surface area contributed by atoms with Crippen LogP contribution in [-0.4, -0.2) is 46.4 Å². The minimum atomic E-state index is -0.729. The second-order valence-electron chi connectivity index (χ2n) is 11.2. The minimum absolute atomic E-state index is 0.0763. The summed E-state index contributed by atoms with van der Waals surface area (Å²) < 4.78 is 7.04. The van der Waals surface area contributed by atoms with Crippen LogP contribution in [0.2, 0.25) is 5.02 Å². The molecule has 0 saturated heterocycles. The quantitative estimate of drug-likeness (QED) is 0.433. The van der Waals surface area contributed by atoms with Gasteiger partial charge in [-0.15, -0.1) is 0 Å². The topological polar surface area (TPSA) is 93.5 Å². The Bertz CT molecular complexity index is 1400. The van der Waals surface area contributed by atoms with Gasteiger partial charge in [-0.1, -0.05) is 54.1 Å². The molecule has 8 nitrogen and oxygen atoms in total. The van der Waals surface area contributed by atoms with E-state index in [2.05, 4.69) is 5.32 Å². The zero-order valence-electron chi connectivity index (χ0n) is 23.0. The Labute approximate surface area is 233 Å². The van der Waals surface area contributed by atoms with Gasteiger partial charge in [-0.2, -0.15) is 5.10 Å². The maximum atomic E-state index is 13.6. The zero-order valence-corrected chi connectivity index (χ0v) is 23.8. The Morgan fingerprint density at radius 1 is 1.05 bits per heavy atom. The molecule has 0 atom stereocenters. The lowest BCUT2D eigenvalue weighted by Crippen LogP contribution is -2.50. The molecule has 1 fully saturated rings. The summed E-state index contributed by atoms with van der Waals surface area (Å²) in [6, 6.07) is 18.2. The van der Waals surface area contributed by atoms with E-state index in [1.807, 2.05) is 69.3 Å². The van der Waals surface area contributed by atoms with Gasteiger partial charge in [-0.05, 0) is 70.2 Å². The van der Waals surface area contributed by atoms with E-state index in [1.54, 1.807) is 26.2 Å². The van der Waals surface area contributed by atoms with Crippen LogP contribution in [0.3, 0.4) is 0 Å². The average molecular weight is 551 g/mol. The second-order valence-corrected chi connectivity index (χ2v) is 11.6. The lowest BCUT2D eigenvalue weighted by Gasteiger charge is -2.41. The van der Waals surface area contributed by atoms with Crippen molar-refractivity contribution in [1.29, 1.82) is 0 Å². The van der Waals surface area contributed by atoms with Crippen LogP contribution in [0.25, 0.3) is 11.3 Å². The Morgan fingerprint density at radius 3 is 2.31 bits per heavy atom. The van der Waals surface area contributed by atoms with Crippen molar-refractivity contribution in [2.45, 2.75) is 63.6 Å². The molecule has 39 heavy (non-hydrogen) atoms. The summed E-state index contributed by atoms with van der Waals surface area (Å²) in [5.74, 6) is -0.371. The van der Waals surface area contributed by atoms with Crippen LogP contribution in [0.15, 0.2) is 65.5 Å². The molecule has 0 aliphatic heterocycles. The number of rotatable bonds is 5. The molecule has 9 heteroatoms. The largest absolute Gasteiger partial charge is 0.444 e. The van der Waals surface area contributed by atoms with E-state index >= 15 is 0 Å². The number of alkyl carbamates (subject to hydrolysis) is 1. The number of nitrogens with one attached hydrogen (secondary N) is 1. The van der Waals surface area contributed by atoms with Crippen molar-refractivity contribution in [3.63, 3.8) is 0 Å². The normalized spacial score (nSPS) is 19.3. The van der Waals surface area contributed by atoms with Gasteiger partial charge >= 0.3 is 6.09 Å². The van der Waals surface area contributed by atoms with Crippen molar-refractivity contribution < 1.29 is 14.3 Å². The first kappa shape index (κ1) is 28.4. The van der Waals surface area contributed by atoms with Crippen LogP contribution < -0.4 is 10.9 Å². The van der Waals surface area contributed by atoms with Gasteiger partial charge in [-0.3, -0.25) is 9.59 Å². The van der Waals surface area contributed by atoms with E-state index in [9.17, 15) is 14.4 Å². The summed E-state index contributed by atoms with van der Waals surface area (Å²) in [6.45, 7) is 5.46. The fourth-order valence-corrected chi connectivity index (χ4v) is 5.20. The molecule has 4 rings (SSSR count). The molecule has 206 valence electrons. The van der Waals surface area contributed by atoms with Crippen LogP contribution >= 0.6 is 11.6 Å². The fraction of sp³-hybridized carbons (Fsp3) is 0.400. The van der Waals surface area contributed by atoms with E-state index < -0.39 is 22.8 Å². The van der Waals surface area contributed by atoms with Crippen molar-refractivity contribution in [3.05, 3.63) is 87.2 Å².